The van der Waals surface area contributed by atoms with E-state index in [9.17, 15) is 22.8 Å². The number of nitrogens with zero attached hydrogens (tertiary/aromatic N) is 1. The molecule has 1 aromatic rings. The number of benzene rings is 1. The predicted octanol–water partition coefficient (Wildman–Crippen LogP) is 0.188. The Morgan fingerprint density at radius 2 is 1.72 bits per heavy atom. The van der Waals surface area contributed by atoms with E-state index in [4.69, 9.17) is 0 Å². The van der Waals surface area contributed by atoms with Crippen LogP contribution < -0.4 is 23.0 Å². The quantitative estimate of drug-likeness (QED) is 0.174. The van der Waals surface area contributed by atoms with Gasteiger partial charge in [0.25, 0.3) is 0 Å². The first-order valence-electron chi connectivity index (χ1n) is 7.68. The lowest BCUT2D eigenvalue weighted by atomic mass is 10.0. The van der Waals surface area contributed by atoms with Gasteiger partial charge in [0.2, 0.25) is 0 Å². The molecule has 0 heterocycles. The maximum absolute atomic E-state index is 13.1. The molecule has 0 spiro atoms. The lowest BCUT2D eigenvalue weighted by Gasteiger charge is -2.28. The molecule has 1 unspecified atom stereocenters. The van der Waals surface area contributed by atoms with Gasteiger partial charge >= 0.3 is 12.1 Å². The van der Waals surface area contributed by atoms with E-state index in [1.54, 1.807) is 12.1 Å². The molecule has 9 heteroatoms. The fourth-order valence-corrected chi connectivity index (χ4v) is 2.30. The standard InChI is InChI=1S/C16H21F4N3O.ClH/c1-15(2,16(18,19)20)22-14(23(3)24)21-13(10-4-5-10)11-6-8-12(17)9-7-11;/h6-10,13,24H,4-5H2,1-3H3,(H,21,22);1H. The number of halogens is 5. The van der Waals surface area contributed by atoms with Gasteiger partial charge in [-0.05, 0) is 50.3 Å². The highest BCUT2D eigenvalue weighted by Crippen LogP contribution is 2.41. The van der Waals surface area contributed by atoms with Crippen LogP contribution in [-0.2, 0) is 0 Å². The molecule has 0 aliphatic heterocycles. The fourth-order valence-electron chi connectivity index (χ4n) is 2.30. The molecule has 1 aromatic carbocycles. The second-order valence-electron chi connectivity index (χ2n) is 6.63. The van der Waals surface area contributed by atoms with Gasteiger partial charge < -0.3 is 17.6 Å². The molecular formula is C16H22ClF4N3O. The van der Waals surface area contributed by atoms with Crippen LogP contribution in [0.3, 0.4) is 0 Å². The van der Waals surface area contributed by atoms with E-state index < -0.39 is 11.7 Å². The van der Waals surface area contributed by atoms with Gasteiger partial charge in [0.05, 0.1) is 7.05 Å². The van der Waals surface area contributed by atoms with Crippen LogP contribution in [-0.4, -0.2) is 34.7 Å². The zero-order valence-electron chi connectivity index (χ0n) is 14.2. The van der Waals surface area contributed by atoms with Crippen molar-refractivity contribution in [2.24, 2.45) is 5.92 Å². The minimum Gasteiger partial charge on any atom is -1.00 e. The average Bonchev–Trinajstić information content (AvgIpc) is 3.27. The van der Waals surface area contributed by atoms with Crippen molar-refractivity contribution in [3.05, 3.63) is 35.6 Å². The summed E-state index contributed by atoms with van der Waals surface area (Å²) in [6, 6.07) is 5.49. The molecule has 0 aromatic heterocycles. The fraction of sp³-hybridized carbons (Fsp3) is 0.562. The summed E-state index contributed by atoms with van der Waals surface area (Å²) in [5.41, 5.74) is -1.48. The van der Waals surface area contributed by atoms with Crippen LogP contribution in [0.25, 0.3) is 0 Å². The molecule has 1 aliphatic carbocycles. The molecule has 0 saturated heterocycles. The van der Waals surface area contributed by atoms with Crippen molar-refractivity contribution in [2.45, 2.75) is 44.4 Å². The summed E-state index contributed by atoms with van der Waals surface area (Å²) in [6.45, 7) is 1.98. The number of hydrogen-bond acceptors (Lipinski definition) is 1. The monoisotopic (exact) mass is 383 g/mol. The van der Waals surface area contributed by atoms with Gasteiger partial charge in [-0.3, -0.25) is 10.6 Å². The summed E-state index contributed by atoms with van der Waals surface area (Å²) >= 11 is 0. The molecule has 0 radical (unpaired) electrons. The second-order valence-corrected chi connectivity index (χ2v) is 6.63. The smallest absolute Gasteiger partial charge is 0.424 e. The minimum atomic E-state index is -4.50. The first-order valence-corrected chi connectivity index (χ1v) is 7.68. The summed E-state index contributed by atoms with van der Waals surface area (Å²) < 4.78 is 53.0. The Hall–Kier alpha value is -1.70. The highest BCUT2D eigenvalue weighted by atomic mass is 35.5. The Balaban J connectivity index is 0.00000312. The van der Waals surface area contributed by atoms with Crippen LogP contribution in [0.2, 0.25) is 0 Å². The van der Waals surface area contributed by atoms with E-state index in [0.29, 0.717) is 4.74 Å². The van der Waals surface area contributed by atoms with Crippen molar-refractivity contribution in [3.8, 4) is 0 Å². The molecule has 4 nitrogen and oxygen atoms in total. The van der Waals surface area contributed by atoms with Crippen LogP contribution in [0.15, 0.2) is 24.3 Å². The number of hydrogen-bond donors (Lipinski definition) is 3. The molecule has 142 valence electrons. The molecule has 1 saturated carbocycles. The zero-order valence-corrected chi connectivity index (χ0v) is 14.9. The van der Waals surface area contributed by atoms with Crippen LogP contribution in [0.5, 0.6) is 0 Å². The number of alkyl halides is 3. The lowest BCUT2D eigenvalue weighted by Crippen LogP contribution is -3.00. The molecular weight excluding hydrogens is 362 g/mol. The van der Waals surface area contributed by atoms with Crippen molar-refractivity contribution >= 4 is 5.96 Å². The van der Waals surface area contributed by atoms with E-state index in [2.05, 4.69) is 10.6 Å². The van der Waals surface area contributed by atoms with E-state index in [-0.39, 0.29) is 36.1 Å². The summed E-state index contributed by atoms with van der Waals surface area (Å²) in [5.74, 6) is -0.312. The average molecular weight is 384 g/mol. The predicted molar refractivity (Wildman–Crippen MR) is 81.2 cm³/mol. The maximum atomic E-state index is 13.1. The summed E-state index contributed by atoms with van der Waals surface area (Å²) in [7, 11) is 1.23. The molecule has 25 heavy (non-hydrogen) atoms. The Bertz CT molecular complexity index is 609. The number of guanidine groups is 1. The van der Waals surface area contributed by atoms with Crippen molar-refractivity contribution in [1.29, 1.82) is 0 Å². The topological polar surface area (TPSA) is 47.3 Å². The molecule has 3 N–H and O–H groups in total. The van der Waals surface area contributed by atoms with Crippen molar-refractivity contribution in [2.75, 3.05) is 7.05 Å². The normalized spacial score (nSPS) is 17.2. The first-order chi connectivity index (χ1) is 11.0. The highest BCUT2D eigenvalue weighted by molar-refractivity contribution is 5.76. The Morgan fingerprint density at radius 3 is 2.12 bits per heavy atom. The summed E-state index contributed by atoms with van der Waals surface area (Å²) in [5, 5.41) is 15.0. The van der Waals surface area contributed by atoms with Gasteiger partial charge in [0, 0.05) is 0 Å². The summed E-state index contributed by atoms with van der Waals surface area (Å²) in [6.07, 6.45) is -2.67. The number of hydroxylamine groups is 1. The summed E-state index contributed by atoms with van der Waals surface area (Å²) in [4.78, 5) is 0. The van der Waals surface area contributed by atoms with E-state index in [0.717, 1.165) is 32.3 Å². The van der Waals surface area contributed by atoms with Crippen LogP contribution in [0, 0.1) is 11.7 Å². The van der Waals surface area contributed by atoms with Gasteiger partial charge in [0.15, 0.2) is 5.54 Å². The van der Waals surface area contributed by atoms with E-state index in [1.165, 1.54) is 19.2 Å². The maximum Gasteiger partial charge on any atom is 0.424 e. The molecule has 1 atom stereocenters. The third kappa shape index (κ3) is 5.39. The molecule has 0 amide bonds. The number of rotatable bonds is 4. The molecule has 1 aliphatic rings. The Labute approximate surface area is 150 Å². The van der Waals surface area contributed by atoms with Gasteiger partial charge in [-0.1, -0.05) is 16.9 Å². The van der Waals surface area contributed by atoms with Crippen molar-refractivity contribution < 1.29 is 39.9 Å². The molecule has 0 bridgehead atoms. The van der Waals surface area contributed by atoms with E-state index in [1.807, 2.05) is 0 Å². The highest BCUT2D eigenvalue weighted by Gasteiger charge is 2.51. The lowest BCUT2D eigenvalue weighted by molar-refractivity contribution is -0.757. The largest absolute Gasteiger partial charge is 1.00 e. The van der Waals surface area contributed by atoms with Gasteiger partial charge in [-0.25, -0.2) is 4.39 Å². The van der Waals surface area contributed by atoms with Crippen LogP contribution in [0.1, 0.15) is 38.3 Å². The Morgan fingerprint density at radius 1 is 1.20 bits per heavy atom. The SMILES string of the molecule is C/[N+](O)=C(\NC(c1ccc(F)cc1)C1CC1)NC(C)(C)C(F)(F)F.[Cl-]. The van der Waals surface area contributed by atoms with Gasteiger partial charge in [0.1, 0.15) is 11.9 Å². The molecule has 2 rings (SSSR count). The van der Waals surface area contributed by atoms with Gasteiger partial charge in [-0.2, -0.15) is 13.2 Å². The third-order valence-corrected chi connectivity index (χ3v) is 4.08. The van der Waals surface area contributed by atoms with Crippen molar-refractivity contribution in [3.63, 3.8) is 0 Å². The zero-order chi connectivity index (χ0) is 18.1. The second kappa shape index (κ2) is 7.68. The van der Waals surface area contributed by atoms with Crippen LogP contribution >= 0.6 is 0 Å². The van der Waals surface area contributed by atoms with Gasteiger partial charge in [-0.15, -0.1) is 0 Å². The van der Waals surface area contributed by atoms with E-state index >= 15 is 0 Å². The molecule has 1 fully saturated rings. The Kier molecular flexibility index (Phi) is 6.55. The number of nitrogens with one attached hydrogen (secondary N) is 2. The van der Waals surface area contributed by atoms with Crippen molar-refractivity contribution in [1.82, 2.24) is 10.6 Å². The van der Waals surface area contributed by atoms with Crippen LogP contribution in [0.4, 0.5) is 17.6 Å². The third-order valence-electron chi connectivity index (χ3n) is 4.08. The first kappa shape index (κ1) is 21.3. The minimum absolute atomic E-state index is 0.